The summed E-state index contributed by atoms with van der Waals surface area (Å²) >= 11 is 0. The molecular formula is C56H34O. The van der Waals surface area contributed by atoms with Crippen LogP contribution in [-0.4, -0.2) is 0 Å². The third-order valence-electron chi connectivity index (χ3n) is 11.0. The second-order valence-electron chi connectivity index (χ2n) is 14.0. The second-order valence-corrected chi connectivity index (χ2v) is 14.0. The second kappa shape index (κ2) is 12.5. The molecule has 0 unspecified atom stereocenters. The topological polar surface area (TPSA) is 13.1 Å². The van der Waals surface area contributed by atoms with Gasteiger partial charge in [0.1, 0.15) is 11.2 Å². The number of hydrogen-bond acceptors (Lipinski definition) is 1. The smallest absolute Gasteiger partial charge is 0.143 e. The Hall–Kier alpha value is -7.48. The highest BCUT2D eigenvalue weighted by atomic mass is 16.3. The van der Waals surface area contributed by atoms with Crippen LogP contribution in [0.5, 0.6) is 0 Å². The van der Waals surface area contributed by atoms with Crippen LogP contribution in [0, 0.1) is 0 Å². The monoisotopic (exact) mass is 737 g/mol. The van der Waals surface area contributed by atoms with E-state index in [1.54, 1.807) is 12.1 Å². The quantitative estimate of drug-likeness (QED) is 0.164. The first-order valence-electron chi connectivity index (χ1n) is 25.9. The number of fused-ring (bicyclic) bond motifs is 8. The molecule has 0 spiro atoms. The molecule has 264 valence electrons. The van der Waals surface area contributed by atoms with Crippen molar-refractivity contribution in [2.45, 2.75) is 0 Å². The fourth-order valence-corrected chi connectivity index (χ4v) is 8.55. The van der Waals surface area contributed by atoms with Crippen LogP contribution in [0.15, 0.2) is 210 Å². The average molecular weight is 738 g/mol. The van der Waals surface area contributed by atoms with Gasteiger partial charge in [0.05, 0.1) is 20.6 Å². The summed E-state index contributed by atoms with van der Waals surface area (Å²) in [5.74, 6) is 0. The molecule has 0 fully saturated rings. The first kappa shape index (κ1) is 20.4. The SMILES string of the molecule is [2H]c1c([2H])c([2H])c2c(-c3c4c([2H])c([2H])c([2H])c([2H])c4c(-c4ccc(-c5cccc6c5oc5cc(-c7cccc8ccccc78)ccc56)c5ccccc45)c4c([2H])c([2H])c([2H])c([2H])c34)c([2H])c([2H])c([2H])c2c1[2H]. The van der Waals surface area contributed by atoms with Crippen LogP contribution < -0.4 is 0 Å². The summed E-state index contributed by atoms with van der Waals surface area (Å²) in [4.78, 5) is 0. The predicted molar refractivity (Wildman–Crippen MR) is 243 cm³/mol. The Bertz CT molecular complexity index is 4370. The molecule has 11 aromatic carbocycles. The Kier molecular flexibility index (Phi) is 4.49. The zero-order valence-electron chi connectivity index (χ0n) is 44.9. The highest BCUT2D eigenvalue weighted by Crippen LogP contribution is 2.48. The lowest BCUT2D eigenvalue weighted by atomic mass is 9.83. The van der Waals surface area contributed by atoms with E-state index in [2.05, 4.69) is 36.4 Å². The Labute approximate surface area is 350 Å². The minimum Gasteiger partial charge on any atom is -0.455 e. The molecule has 0 bridgehead atoms. The number of rotatable bonds is 4. The van der Waals surface area contributed by atoms with E-state index in [0.29, 0.717) is 27.5 Å². The molecule has 1 aromatic heterocycles. The Balaban J connectivity index is 1.20. The van der Waals surface area contributed by atoms with Crippen molar-refractivity contribution in [3.63, 3.8) is 0 Å². The molecular weight excluding hydrogens is 689 g/mol. The van der Waals surface area contributed by atoms with Gasteiger partial charge in [-0.1, -0.05) is 194 Å². The Morgan fingerprint density at radius 1 is 0.316 bits per heavy atom. The van der Waals surface area contributed by atoms with Crippen LogP contribution in [0.2, 0.25) is 0 Å². The highest BCUT2D eigenvalue weighted by molar-refractivity contribution is 6.26. The summed E-state index contributed by atoms with van der Waals surface area (Å²) in [5, 5.41) is 3.38. The summed E-state index contributed by atoms with van der Waals surface area (Å²) < 4.78 is 143. The van der Waals surface area contributed by atoms with Gasteiger partial charge >= 0.3 is 0 Å². The van der Waals surface area contributed by atoms with E-state index < -0.39 is 107 Å². The van der Waals surface area contributed by atoms with Crippen molar-refractivity contribution in [3.05, 3.63) is 206 Å². The summed E-state index contributed by atoms with van der Waals surface area (Å²) in [6.45, 7) is 0. The molecule has 0 N–H and O–H groups in total. The van der Waals surface area contributed by atoms with Crippen LogP contribution >= 0.6 is 0 Å². The van der Waals surface area contributed by atoms with E-state index in [4.69, 9.17) is 18.1 Å². The predicted octanol–water partition coefficient (Wildman–Crippen LogP) is 16.0. The van der Waals surface area contributed by atoms with Crippen LogP contribution in [0.1, 0.15) is 20.6 Å². The van der Waals surface area contributed by atoms with Crippen LogP contribution in [0.4, 0.5) is 0 Å². The molecule has 0 amide bonds. The Morgan fingerprint density at radius 2 is 0.877 bits per heavy atom. The molecule has 12 aromatic rings. The minimum absolute atomic E-state index is 0.0226. The van der Waals surface area contributed by atoms with Crippen molar-refractivity contribution in [3.8, 4) is 44.5 Å². The van der Waals surface area contributed by atoms with E-state index in [1.807, 2.05) is 66.7 Å². The van der Waals surface area contributed by atoms with Gasteiger partial charge in [-0.25, -0.2) is 0 Å². The van der Waals surface area contributed by atoms with E-state index >= 15 is 0 Å². The fraction of sp³-hybridized carbons (Fsp3) is 0. The van der Waals surface area contributed by atoms with Crippen molar-refractivity contribution in [1.29, 1.82) is 0 Å². The van der Waals surface area contributed by atoms with Gasteiger partial charge in [0.15, 0.2) is 0 Å². The zero-order chi connectivity index (χ0) is 50.5. The molecule has 0 aliphatic rings. The third kappa shape index (κ3) is 4.83. The molecule has 0 aliphatic carbocycles. The minimum atomic E-state index is -0.763. The van der Waals surface area contributed by atoms with E-state index in [-0.39, 0.29) is 32.7 Å². The molecule has 0 aliphatic heterocycles. The molecule has 1 heteroatoms. The van der Waals surface area contributed by atoms with Crippen LogP contribution in [0.3, 0.4) is 0 Å². The van der Waals surface area contributed by atoms with Gasteiger partial charge in [0.2, 0.25) is 0 Å². The first-order chi connectivity index (χ1) is 34.5. The van der Waals surface area contributed by atoms with Crippen LogP contribution in [-0.2, 0) is 0 Å². The van der Waals surface area contributed by atoms with Crippen molar-refractivity contribution in [2.24, 2.45) is 0 Å². The lowest BCUT2D eigenvalue weighted by Gasteiger charge is -2.20. The molecule has 0 radical (unpaired) electrons. The molecule has 0 saturated carbocycles. The van der Waals surface area contributed by atoms with Crippen molar-refractivity contribution < 1.29 is 25.0 Å². The number of benzene rings is 11. The van der Waals surface area contributed by atoms with Gasteiger partial charge in [-0.3, -0.25) is 0 Å². The third-order valence-corrected chi connectivity index (χ3v) is 11.0. The van der Waals surface area contributed by atoms with E-state index in [0.717, 1.165) is 43.8 Å². The molecule has 57 heavy (non-hydrogen) atoms. The molecule has 12 rings (SSSR count). The maximum absolute atomic E-state index is 9.61. The molecule has 1 nitrogen and oxygen atoms in total. The van der Waals surface area contributed by atoms with Crippen molar-refractivity contribution in [2.75, 3.05) is 0 Å². The summed E-state index contributed by atoms with van der Waals surface area (Å²) in [6.07, 6.45) is 0. The maximum Gasteiger partial charge on any atom is 0.143 e. The van der Waals surface area contributed by atoms with Crippen LogP contribution in [0.25, 0.3) is 120 Å². The van der Waals surface area contributed by atoms with Gasteiger partial charge in [-0.05, 0) is 105 Å². The summed E-state index contributed by atoms with van der Waals surface area (Å²) in [7, 11) is 0. The largest absolute Gasteiger partial charge is 0.455 e. The molecule has 0 saturated heterocycles. The maximum atomic E-state index is 9.61. The van der Waals surface area contributed by atoms with E-state index in [1.165, 1.54) is 0 Å². The number of furan rings is 1. The standard InChI is InChI=1S/C56H34O/c1-3-18-38-35(14-1)16-11-26-40(38)37-30-31-44-52-29-13-28-51(56(52)57-53(44)34-37)43-32-33-50(42-21-6-5-20-41(42)43)55-48-24-9-7-22-46(48)54(47-23-8-10-25-49(47)55)45-27-12-17-36-15-2-4-19-39(36)45/h1-34H/i2D,4D,7D,8D,9D,10D,12D,15D,17D,19D,22D,23D,24D,25D,27D. The van der Waals surface area contributed by atoms with E-state index in [9.17, 15) is 6.85 Å². The summed E-state index contributed by atoms with van der Waals surface area (Å²) in [5.41, 5.74) is 4.38. The summed E-state index contributed by atoms with van der Waals surface area (Å²) in [6, 6.07) is 27.1. The zero-order valence-corrected chi connectivity index (χ0v) is 29.9. The number of hydrogen-bond donors (Lipinski definition) is 0. The Morgan fingerprint density at radius 3 is 1.65 bits per heavy atom. The van der Waals surface area contributed by atoms with Crippen molar-refractivity contribution >= 4 is 75.8 Å². The molecule has 0 atom stereocenters. The highest BCUT2D eigenvalue weighted by Gasteiger charge is 2.21. The van der Waals surface area contributed by atoms with Gasteiger partial charge < -0.3 is 4.42 Å². The van der Waals surface area contributed by atoms with Gasteiger partial charge in [0.25, 0.3) is 0 Å². The van der Waals surface area contributed by atoms with Gasteiger partial charge in [0, 0.05) is 16.3 Å². The first-order valence-corrected chi connectivity index (χ1v) is 18.4. The lowest BCUT2D eigenvalue weighted by Crippen LogP contribution is -1.93. The van der Waals surface area contributed by atoms with Crippen molar-refractivity contribution in [1.82, 2.24) is 0 Å². The van der Waals surface area contributed by atoms with Gasteiger partial charge in [-0.15, -0.1) is 0 Å². The number of para-hydroxylation sites is 1. The lowest BCUT2D eigenvalue weighted by molar-refractivity contribution is 0.670. The van der Waals surface area contributed by atoms with Gasteiger partial charge in [-0.2, -0.15) is 0 Å². The normalized spacial score (nSPS) is 15.5. The molecule has 1 heterocycles. The average Bonchev–Trinajstić information content (AvgIpc) is 3.78. The fourth-order valence-electron chi connectivity index (χ4n) is 8.55.